The van der Waals surface area contributed by atoms with E-state index in [4.69, 9.17) is 16.3 Å². The zero-order valence-corrected chi connectivity index (χ0v) is 12.8. The van der Waals surface area contributed by atoms with Crippen LogP contribution in [0.25, 0.3) is 0 Å². The number of ether oxygens (including phenoxy) is 1. The van der Waals surface area contributed by atoms with E-state index in [9.17, 15) is 4.39 Å². The Balaban J connectivity index is 1.90. The Bertz CT molecular complexity index is 572. The molecular formula is C17H19ClFNO. The fourth-order valence-electron chi connectivity index (χ4n) is 1.93. The first-order valence-corrected chi connectivity index (χ1v) is 7.44. The minimum atomic E-state index is -0.421. The molecular weight excluding hydrogens is 289 g/mol. The van der Waals surface area contributed by atoms with Crippen LogP contribution in [-0.4, -0.2) is 6.54 Å². The van der Waals surface area contributed by atoms with Crippen LogP contribution in [0.5, 0.6) is 5.75 Å². The number of benzene rings is 2. The Morgan fingerprint density at radius 2 is 1.90 bits per heavy atom. The maximum atomic E-state index is 13.3. The molecule has 2 aromatic rings. The van der Waals surface area contributed by atoms with Gasteiger partial charge in [-0.3, -0.25) is 0 Å². The van der Waals surface area contributed by atoms with E-state index in [0.29, 0.717) is 5.56 Å². The molecule has 0 spiro atoms. The van der Waals surface area contributed by atoms with Crippen LogP contribution < -0.4 is 10.1 Å². The van der Waals surface area contributed by atoms with Crippen LogP contribution in [0.15, 0.2) is 42.5 Å². The van der Waals surface area contributed by atoms with Gasteiger partial charge in [0.1, 0.15) is 18.2 Å². The maximum absolute atomic E-state index is 13.3. The number of halogens is 2. The van der Waals surface area contributed by atoms with Crippen LogP contribution in [0.2, 0.25) is 5.02 Å². The van der Waals surface area contributed by atoms with Crippen LogP contribution >= 0.6 is 11.6 Å². The summed E-state index contributed by atoms with van der Waals surface area (Å²) >= 11 is 5.89. The van der Waals surface area contributed by atoms with E-state index in [1.807, 2.05) is 24.3 Å². The van der Waals surface area contributed by atoms with E-state index in [0.717, 1.165) is 25.3 Å². The highest BCUT2D eigenvalue weighted by atomic mass is 35.5. The number of rotatable bonds is 7. The monoisotopic (exact) mass is 307 g/mol. The molecule has 0 amide bonds. The van der Waals surface area contributed by atoms with E-state index in [-0.39, 0.29) is 11.6 Å². The van der Waals surface area contributed by atoms with Crippen molar-refractivity contribution < 1.29 is 9.13 Å². The smallest absolute Gasteiger partial charge is 0.142 e. The summed E-state index contributed by atoms with van der Waals surface area (Å²) in [4.78, 5) is 0. The van der Waals surface area contributed by atoms with Gasteiger partial charge >= 0.3 is 0 Å². The summed E-state index contributed by atoms with van der Waals surface area (Å²) in [6.07, 6.45) is 1.12. The summed E-state index contributed by atoms with van der Waals surface area (Å²) in [6, 6.07) is 12.6. The molecule has 0 bridgehead atoms. The molecule has 112 valence electrons. The van der Waals surface area contributed by atoms with Crippen LogP contribution in [-0.2, 0) is 13.2 Å². The lowest BCUT2D eigenvalue weighted by molar-refractivity contribution is 0.305. The van der Waals surface area contributed by atoms with E-state index in [1.165, 1.54) is 11.6 Å². The quantitative estimate of drug-likeness (QED) is 0.757. The van der Waals surface area contributed by atoms with E-state index in [2.05, 4.69) is 12.2 Å². The molecule has 1 N–H and O–H groups in total. The normalized spacial score (nSPS) is 10.6. The third-order valence-electron chi connectivity index (χ3n) is 3.11. The zero-order chi connectivity index (χ0) is 15.1. The Morgan fingerprint density at radius 3 is 2.62 bits per heavy atom. The van der Waals surface area contributed by atoms with Crippen LogP contribution in [0.4, 0.5) is 4.39 Å². The summed E-state index contributed by atoms with van der Waals surface area (Å²) in [5.41, 5.74) is 1.85. The minimum Gasteiger partial charge on any atom is -0.489 e. The first kappa shape index (κ1) is 15.8. The van der Waals surface area contributed by atoms with Gasteiger partial charge in [-0.2, -0.15) is 0 Å². The number of hydrogen-bond donors (Lipinski definition) is 1. The summed E-state index contributed by atoms with van der Waals surface area (Å²) in [5.74, 6) is 0.324. The molecule has 0 aromatic heterocycles. The topological polar surface area (TPSA) is 21.3 Å². The van der Waals surface area contributed by atoms with Crippen molar-refractivity contribution in [3.63, 3.8) is 0 Å². The Morgan fingerprint density at radius 1 is 1.14 bits per heavy atom. The summed E-state index contributed by atoms with van der Waals surface area (Å²) in [7, 11) is 0. The molecule has 2 nitrogen and oxygen atoms in total. The van der Waals surface area contributed by atoms with Gasteiger partial charge in [0.15, 0.2) is 0 Å². The van der Waals surface area contributed by atoms with Gasteiger partial charge in [0, 0.05) is 12.1 Å². The summed E-state index contributed by atoms with van der Waals surface area (Å²) in [6.45, 7) is 4.26. The van der Waals surface area contributed by atoms with Crippen molar-refractivity contribution in [2.45, 2.75) is 26.5 Å². The van der Waals surface area contributed by atoms with Gasteiger partial charge in [-0.25, -0.2) is 4.39 Å². The second-order valence-corrected chi connectivity index (χ2v) is 5.20. The predicted molar refractivity (Wildman–Crippen MR) is 84.2 cm³/mol. The minimum absolute atomic E-state index is 0.123. The van der Waals surface area contributed by atoms with Gasteiger partial charge in [-0.1, -0.05) is 42.8 Å². The van der Waals surface area contributed by atoms with Crippen molar-refractivity contribution in [3.05, 3.63) is 64.4 Å². The molecule has 0 aliphatic carbocycles. The second-order valence-electron chi connectivity index (χ2n) is 4.82. The molecule has 0 heterocycles. The zero-order valence-electron chi connectivity index (χ0n) is 12.0. The van der Waals surface area contributed by atoms with Crippen molar-refractivity contribution in [2.75, 3.05) is 6.54 Å². The van der Waals surface area contributed by atoms with Gasteiger partial charge in [-0.05, 0) is 36.7 Å². The first-order chi connectivity index (χ1) is 10.2. The highest BCUT2D eigenvalue weighted by molar-refractivity contribution is 6.31. The van der Waals surface area contributed by atoms with Gasteiger partial charge in [0.2, 0.25) is 0 Å². The molecule has 0 saturated carbocycles. The van der Waals surface area contributed by atoms with Gasteiger partial charge in [-0.15, -0.1) is 0 Å². The van der Waals surface area contributed by atoms with Crippen LogP contribution in [0, 0.1) is 5.82 Å². The average molecular weight is 308 g/mol. The Kier molecular flexibility index (Phi) is 6.03. The fourth-order valence-corrected chi connectivity index (χ4v) is 2.11. The molecule has 4 heteroatoms. The standard InChI is InChI=1S/C17H19ClFNO/c1-2-10-20-11-13-6-8-15(9-7-13)21-12-14-4-3-5-16(19)17(14)18/h3-9,20H,2,10-12H2,1H3. The van der Waals surface area contributed by atoms with E-state index >= 15 is 0 Å². The SMILES string of the molecule is CCCNCc1ccc(OCc2cccc(F)c2Cl)cc1. The lowest BCUT2D eigenvalue weighted by Gasteiger charge is -2.09. The third kappa shape index (κ3) is 4.73. The van der Waals surface area contributed by atoms with Crippen molar-refractivity contribution >= 4 is 11.6 Å². The largest absolute Gasteiger partial charge is 0.489 e. The predicted octanol–water partition coefficient (Wildman–Crippen LogP) is 4.56. The molecule has 2 aromatic carbocycles. The van der Waals surface area contributed by atoms with Crippen molar-refractivity contribution in [3.8, 4) is 5.75 Å². The molecule has 2 rings (SSSR count). The maximum Gasteiger partial charge on any atom is 0.142 e. The Hall–Kier alpha value is -1.58. The van der Waals surface area contributed by atoms with Crippen molar-refractivity contribution in [1.29, 1.82) is 0 Å². The molecule has 0 atom stereocenters. The van der Waals surface area contributed by atoms with E-state index in [1.54, 1.807) is 12.1 Å². The average Bonchev–Trinajstić information content (AvgIpc) is 2.50. The molecule has 0 aliphatic heterocycles. The van der Waals surface area contributed by atoms with Gasteiger partial charge in [0.05, 0.1) is 5.02 Å². The fraction of sp³-hybridized carbons (Fsp3) is 0.294. The Labute approximate surface area is 129 Å². The molecule has 0 aliphatic rings. The molecule has 0 unspecified atom stereocenters. The lowest BCUT2D eigenvalue weighted by Crippen LogP contribution is -2.13. The highest BCUT2D eigenvalue weighted by Crippen LogP contribution is 2.21. The van der Waals surface area contributed by atoms with Crippen molar-refractivity contribution in [1.82, 2.24) is 5.32 Å². The van der Waals surface area contributed by atoms with Crippen molar-refractivity contribution in [2.24, 2.45) is 0 Å². The highest BCUT2D eigenvalue weighted by Gasteiger charge is 2.06. The molecule has 21 heavy (non-hydrogen) atoms. The summed E-state index contributed by atoms with van der Waals surface area (Å²) in [5, 5.41) is 3.47. The molecule has 0 saturated heterocycles. The lowest BCUT2D eigenvalue weighted by atomic mass is 10.2. The number of hydrogen-bond acceptors (Lipinski definition) is 2. The van der Waals surface area contributed by atoms with E-state index < -0.39 is 5.82 Å². The van der Waals surface area contributed by atoms with Gasteiger partial charge in [0.25, 0.3) is 0 Å². The first-order valence-electron chi connectivity index (χ1n) is 7.06. The van der Waals surface area contributed by atoms with Gasteiger partial charge < -0.3 is 10.1 Å². The van der Waals surface area contributed by atoms with Crippen LogP contribution in [0.3, 0.4) is 0 Å². The molecule has 0 fully saturated rings. The summed E-state index contributed by atoms with van der Waals surface area (Å²) < 4.78 is 18.9. The number of nitrogens with one attached hydrogen (secondary N) is 1. The second kappa shape index (κ2) is 8.01. The molecule has 0 radical (unpaired) electrons. The van der Waals surface area contributed by atoms with Crippen LogP contribution in [0.1, 0.15) is 24.5 Å². The third-order valence-corrected chi connectivity index (χ3v) is 3.53.